The number of fused-ring (bicyclic) bond motifs is 2. The SMILES string of the molecule is COc1ccc2c(c1)CCOC21CCN(C(=O)C2CNCCOC2)CC1.Cl. The molecule has 1 aromatic rings. The number of benzene rings is 1. The van der Waals surface area contributed by atoms with Gasteiger partial charge in [-0.3, -0.25) is 4.79 Å². The summed E-state index contributed by atoms with van der Waals surface area (Å²) in [6, 6.07) is 6.29. The molecule has 7 heteroatoms. The molecule has 1 N–H and O–H groups in total. The predicted molar refractivity (Wildman–Crippen MR) is 105 cm³/mol. The van der Waals surface area contributed by atoms with Gasteiger partial charge in [-0.25, -0.2) is 0 Å². The molecule has 2 saturated heterocycles. The maximum Gasteiger partial charge on any atom is 0.229 e. The number of likely N-dealkylation sites (tertiary alicyclic amines) is 1. The standard InChI is InChI=1S/C20H28N2O4.ClH/c1-24-17-2-3-18-15(12-17)4-10-26-20(18)5-8-22(9-6-20)19(23)16-13-21-7-11-25-14-16;/h2-3,12,16,21H,4-11,13-14H2,1H3;1H. The Hall–Kier alpha value is -1.34. The van der Waals surface area contributed by atoms with Gasteiger partial charge in [-0.15, -0.1) is 12.4 Å². The lowest BCUT2D eigenvalue weighted by atomic mass is 9.79. The Morgan fingerprint density at radius 1 is 1.30 bits per heavy atom. The second kappa shape index (κ2) is 8.78. The monoisotopic (exact) mass is 396 g/mol. The molecule has 3 aliphatic rings. The van der Waals surface area contributed by atoms with E-state index in [4.69, 9.17) is 14.2 Å². The molecule has 0 aromatic heterocycles. The normalized spacial score (nSPS) is 24.5. The number of amides is 1. The fourth-order valence-electron chi connectivity index (χ4n) is 4.41. The molecule has 0 aliphatic carbocycles. The number of carbonyl (C=O) groups excluding carboxylic acids is 1. The van der Waals surface area contributed by atoms with Crippen molar-refractivity contribution in [2.45, 2.75) is 24.9 Å². The van der Waals surface area contributed by atoms with E-state index in [1.807, 2.05) is 11.0 Å². The zero-order valence-electron chi connectivity index (χ0n) is 15.9. The van der Waals surface area contributed by atoms with Crippen LogP contribution < -0.4 is 10.1 Å². The van der Waals surface area contributed by atoms with E-state index >= 15 is 0 Å². The van der Waals surface area contributed by atoms with Crippen molar-refractivity contribution in [2.24, 2.45) is 5.92 Å². The van der Waals surface area contributed by atoms with Gasteiger partial charge < -0.3 is 24.4 Å². The minimum Gasteiger partial charge on any atom is -0.497 e. The lowest BCUT2D eigenvalue weighted by molar-refractivity contribution is -0.145. The zero-order chi connectivity index (χ0) is 18.0. The van der Waals surface area contributed by atoms with Crippen LogP contribution in [0.3, 0.4) is 0 Å². The molecule has 0 bridgehead atoms. The van der Waals surface area contributed by atoms with Crippen molar-refractivity contribution in [1.82, 2.24) is 10.2 Å². The molecule has 1 unspecified atom stereocenters. The molecule has 4 rings (SSSR count). The van der Waals surface area contributed by atoms with Crippen molar-refractivity contribution < 1.29 is 19.0 Å². The van der Waals surface area contributed by atoms with E-state index in [1.54, 1.807) is 7.11 Å². The highest BCUT2D eigenvalue weighted by Crippen LogP contribution is 2.42. The first-order valence-electron chi connectivity index (χ1n) is 9.60. The molecule has 150 valence electrons. The Balaban J connectivity index is 0.00000210. The van der Waals surface area contributed by atoms with Crippen LogP contribution in [0, 0.1) is 5.92 Å². The summed E-state index contributed by atoms with van der Waals surface area (Å²) in [5, 5.41) is 3.29. The lowest BCUT2D eigenvalue weighted by Crippen LogP contribution is -2.51. The fraction of sp³-hybridized carbons (Fsp3) is 0.650. The van der Waals surface area contributed by atoms with Gasteiger partial charge in [0, 0.05) is 26.2 Å². The highest BCUT2D eigenvalue weighted by Gasteiger charge is 2.42. The van der Waals surface area contributed by atoms with E-state index in [1.165, 1.54) is 11.1 Å². The Morgan fingerprint density at radius 2 is 2.11 bits per heavy atom. The molecule has 6 nitrogen and oxygen atoms in total. The molecule has 3 heterocycles. The number of rotatable bonds is 2. The van der Waals surface area contributed by atoms with E-state index < -0.39 is 0 Å². The molecule has 1 amide bonds. The second-order valence-corrected chi connectivity index (χ2v) is 7.42. The number of nitrogens with one attached hydrogen (secondary N) is 1. The predicted octanol–water partition coefficient (Wildman–Crippen LogP) is 1.74. The molecule has 1 atom stereocenters. The van der Waals surface area contributed by atoms with Gasteiger partial charge >= 0.3 is 0 Å². The Bertz CT molecular complexity index is 653. The van der Waals surface area contributed by atoms with E-state index in [-0.39, 0.29) is 29.8 Å². The molecule has 2 fully saturated rings. The van der Waals surface area contributed by atoms with E-state index in [9.17, 15) is 4.79 Å². The molecule has 0 saturated carbocycles. The van der Waals surface area contributed by atoms with Gasteiger partial charge in [0.1, 0.15) is 5.75 Å². The number of hydrogen-bond acceptors (Lipinski definition) is 5. The van der Waals surface area contributed by atoms with Gasteiger partial charge in [-0.2, -0.15) is 0 Å². The van der Waals surface area contributed by atoms with Gasteiger partial charge in [0.15, 0.2) is 0 Å². The lowest BCUT2D eigenvalue weighted by Gasteiger charge is -2.45. The maximum atomic E-state index is 12.9. The molecular weight excluding hydrogens is 368 g/mol. The van der Waals surface area contributed by atoms with E-state index in [0.717, 1.165) is 51.3 Å². The highest BCUT2D eigenvalue weighted by atomic mass is 35.5. The third-order valence-electron chi connectivity index (χ3n) is 5.92. The summed E-state index contributed by atoms with van der Waals surface area (Å²) in [5.41, 5.74) is 2.34. The number of ether oxygens (including phenoxy) is 3. The molecule has 3 aliphatic heterocycles. The van der Waals surface area contributed by atoms with Crippen LogP contribution in [0.1, 0.15) is 24.0 Å². The first-order valence-corrected chi connectivity index (χ1v) is 9.60. The van der Waals surface area contributed by atoms with Crippen LogP contribution in [-0.2, 0) is 26.3 Å². The summed E-state index contributed by atoms with van der Waals surface area (Å²) in [6.45, 7) is 4.93. The summed E-state index contributed by atoms with van der Waals surface area (Å²) in [4.78, 5) is 14.8. The Kier molecular flexibility index (Phi) is 6.63. The van der Waals surface area contributed by atoms with Gasteiger partial charge in [0.05, 0.1) is 38.4 Å². The minimum atomic E-state index is -0.255. The average molecular weight is 397 g/mol. The second-order valence-electron chi connectivity index (χ2n) is 7.42. The van der Waals surface area contributed by atoms with Crippen LogP contribution in [0.15, 0.2) is 18.2 Å². The smallest absolute Gasteiger partial charge is 0.229 e. The summed E-state index contributed by atoms with van der Waals surface area (Å²) in [5.74, 6) is 1.03. The van der Waals surface area contributed by atoms with E-state index in [0.29, 0.717) is 19.8 Å². The van der Waals surface area contributed by atoms with Gasteiger partial charge in [-0.1, -0.05) is 6.07 Å². The molecule has 1 aromatic carbocycles. The van der Waals surface area contributed by atoms with Crippen LogP contribution in [0.4, 0.5) is 0 Å². The van der Waals surface area contributed by atoms with Gasteiger partial charge in [0.2, 0.25) is 5.91 Å². The number of piperidine rings is 1. The molecule has 27 heavy (non-hydrogen) atoms. The number of methoxy groups -OCH3 is 1. The highest BCUT2D eigenvalue weighted by molar-refractivity contribution is 5.85. The molecule has 1 spiro atoms. The summed E-state index contributed by atoms with van der Waals surface area (Å²) in [6.07, 6.45) is 2.61. The third-order valence-corrected chi connectivity index (χ3v) is 5.92. The Labute approximate surface area is 166 Å². The minimum absolute atomic E-state index is 0. The number of nitrogens with zero attached hydrogens (tertiary/aromatic N) is 1. The van der Waals surface area contributed by atoms with Gasteiger partial charge in [-0.05, 0) is 42.5 Å². The van der Waals surface area contributed by atoms with Crippen molar-refractivity contribution in [3.05, 3.63) is 29.3 Å². The molecular formula is C20H29ClN2O4. The first-order chi connectivity index (χ1) is 12.7. The Morgan fingerprint density at radius 3 is 2.89 bits per heavy atom. The number of hydrogen-bond donors (Lipinski definition) is 1. The van der Waals surface area contributed by atoms with Crippen molar-refractivity contribution in [3.63, 3.8) is 0 Å². The van der Waals surface area contributed by atoms with Crippen molar-refractivity contribution in [3.8, 4) is 5.75 Å². The van der Waals surface area contributed by atoms with Crippen molar-refractivity contribution in [2.75, 3.05) is 53.1 Å². The van der Waals surface area contributed by atoms with Crippen LogP contribution in [0.5, 0.6) is 5.75 Å². The third kappa shape index (κ3) is 4.09. The topological polar surface area (TPSA) is 60.0 Å². The van der Waals surface area contributed by atoms with Crippen molar-refractivity contribution in [1.29, 1.82) is 0 Å². The van der Waals surface area contributed by atoms with E-state index in [2.05, 4.69) is 17.4 Å². The molecule has 0 radical (unpaired) electrons. The van der Waals surface area contributed by atoms with Crippen molar-refractivity contribution >= 4 is 18.3 Å². The fourth-order valence-corrected chi connectivity index (χ4v) is 4.41. The number of carbonyl (C=O) groups is 1. The summed E-state index contributed by atoms with van der Waals surface area (Å²) >= 11 is 0. The van der Waals surface area contributed by atoms with Crippen LogP contribution in [-0.4, -0.2) is 63.9 Å². The quantitative estimate of drug-likeness (QED) is 0.825. The average Bonchev–Trinajstić information content (AvgIpc) is 2.97. The van der Waals surface area contributed by atoms with Crippen LogP contribution >= 0.6 is 12.4 Å². The van der Waals surface area contributed by atoms with Gasteiger partial charge in [0.25, 0.3) is 0 Å². The largest absolute Gasteiger partial charge is 0.497 e. The summed E-state index contributed by atoms with van der Waals surface area (Å²) in [7, 11) is 1.70. The first kappa shape index (κ1) is 20.4. The zero-order valence-corrected chi connectivity index (χ0v) is 16.7. The van der Waals surface area contributed by atoms with Crippen LogP contribution in [0.2, 0.25) is 0 Å². The summed E-state index contributed by atoms with van der Waals surface area (Å²) < 4.78 is 17.2. The van der Waals surface area contributed by atoms with Crippen LogP contribution in [0.25, 0.3) is 0 Å². The number of halogens is 1. The maximum absolute atomic E-state index is 12.9.